The van der Waals surface area contributed by atoms with Crippen molar-refractivity contribution in [2.45, 2.75) is 119 Å². The molecule has 0 aliphatic heterocycles. The third-order valence-corrected chi connectivity index (χ3v) is 12.2. The molecule has 0 radical (unpaired) electrons. The van der Waals surface area contributed by atoms with Crippen LogP contribution in [0.1, 0.15) is 129 Å². The molecule has 7 rings (SSSR count). The number of fused-ring (bicyclic) bond motifs is 2. The van der Waals surface area contributed by atoms with Crippen molar-refractivity contribution in [3.8, 4) is 34.4 Å². The highest BCUT2D eigenvalue weighted by molar-refractivity contribution is 5.91. The van der Waals surface area contributed by atoms with Crippen LogP contribution in [-0.2, 0) is 0 Å². The Morgan fingerprint density at radius 1 is 0.472 bits per heavy atom. The van der Waals surface area contributed by atoms with Crippen molar-refractivity contribution in [1.29, 1.82) is 0 Å². The number of aromatic hydroxyl groups is 2. The molecule has 7 aromatic rings. The van der Waals surface area contributed by atoms with E-state index in [9.17, 15) is 4.79 Å². The highest BCUT2D eigenvalue weighted by Gasteiger charge is 2.16. The third-order valence-electron chi connectivity index (χ3n) is 12.2. The van der Waals surface area contributed by atoms with Crippen molar-refractivity contribution in [3.63, 3.8) is 0 Å². The summed E-state index contributed by atoms with van der Waals surface area (Å²) in [6.45, 7) is 19.8. The van der Waals surface area contributed by atoms with Crippen LogP contribution in [0.15, 0.2) is 106 Å². The molecule has 0 amide bonds. The smallest absolute Gasteiger partial charge is 0.335 e. The molecule has 392 valence electrons. The van der Waals surface area contributed by atoms with Crippen LogP contribution >= 0.6 is 24.8 Å². The second kappa shape index (κ2) is 31.2. The molecule has 5 aromatic carbocycles. The molecule has 72 heavy (non-hydrogen) atoms. The molecule has 0 atom stereocenters. The van der Waals surface area contributed by atoms with Gasteiger partial charge in [0.1, 0.15) is 22.5 Å². The van der Waals surface area contributed by atoms with Gasteiger partial charge in [0.05, 0.1) is 16.9 Å². The van der Waals surface area contributed by atoms with Crippen molar-refractivity contribution in [2.24, 2.45) is 0 Å². The summed E-state index contributed by atoms with van der Waals surface area (Å²) in [6.07, 6.45) is 14.3. The predicted octanol–water partition coefficient (Wildman–Crippen LogP) is 15.0. The Morgan fingerprint density at radius 3 is 1.06 bits per heavy atom. The van der Waals surface area contributed by atoms with Crippen LogP contribution in [0, 0.1) is 0 Å². The second-order valence-electron chi connectivity index (χ2n) is 17.8. The minimum atomic E-state index is -0.866. The minimum absolute atomic E-state index is 0. The standard InChI is InChI=1S/C36H46N4O2.C15H23NO2.C6H8N2O2.2ClH/c1-5-9-21-39(22-10-6-2)29-17-13-27(14-18-29)35-37-31-25-32-34(26-33(31)41-35)42-36(38-32)28-15-19-30(20-16-28)40(23-11-7-3)24-12-8-4;1-3-5-11-16(12-6-4-2)14-9-7-13(8-10-14)15(17)18;7-3-1-4(8)6(10)2-5(3)9;;/h13-20,25-26H,5-12,21-24H2,1-4H3;7-10H,3-6,11-12H2,1-2H3,(H,17,18);1-2,9-10H,7-8H2;2*1H. The summed E-state index contributed by atoms with van der Waals surface area (Å²) in [5.41, 5.74) is 19.7. The molecule has 2 aromatic heterocycles. The molecule has 0 unspecified atom stereocenters. The highest BCUT2D eigenvalue weighted by Crippen LogP contribution is 2.33. The molecule has 0 fully saturated rings. The molecule has 13 nitrogen and oxygen atoms in total. The summed E-state index contributed by atoms with van der Waals surface area (Å²) >= 11 is 0. The Bertz CT molecular complexity index is 2400. The van der Waals surface area contributed by atoms with Crippen molar-refractivity contribution < 1.29 is 28.9 Å². The number of nitrogens with zero attached hydrogens (tertiary/aromatic N) is 5. The van der Waals surface area contributed by atoms with Gasteiger partial charge in [0.25, 0.3) is 0 Å². The van der Waals surface area contributed by atoms with E-state index >= 15 is 0 Å². The number of oxazole rings is 2. The van der Waals surface area contributed by atoms with Crippen LogP contribution in [0.3, 0.4) is 0 Å². The van der Waals surface area contributed by atoms with E-state index in [0.29, 0.717) is 28.5 Å². The average Bonchev–Trinajstić information content (AvgIpc) is 3.99. The molecule has 2 heterocycles. The SMILES string of the molecule is CCCCN(CCCC)c1ccc(-c2nc3cc4nc(-c5ccc(N(CCCC)CCCC)cc5)oc4cc3o2)cc1.CCCCN(CCCC)c1ccc(C(=O)O)cc1.Cl.Cl.Nc1cc(N)c(O)cc1O. The highest BCUT2D eigenvalue weighted by atomic mass is 35.5. The lowest BCUT2D eigenvalue weighted by Crippen LogP contribution is -2.25. The normalized spacial score (nSPS) is 10.6. The maximum absolute atomic E-state index is 10.8. The number of carboxylic acid groups (broad SMARTS) is 1. The second-order valence-corrected chi connectivity index (χ2v) is 17.8. The van der Waals surface area contributed by atoms with Gasteiger partial charge < -0.3 is 50.3 Å². The van der Waals surface area contributed by atoms with Crippen molar-refractivity contribution >= 4 is 81.4 Å². The molecule has 0 aliphatic rings. The van der Waals surface area contributed by atoms with Gasteiger partial charge in [-0.05, 0) is 123 Å². The maximum atomic E-state index is 10.8. The van der Waals surface area contributed by atoms with Gasteiger partial charge in [-0.15, -0.1) is 24.8 Å². The molecule has 0 spiro atoms. The average molecular weight is 1030 g/mol. The number of hydrogen-bond acceptors (Lipinski definition) is 12. The molecular formula is C57H79Cl2N7O6. The summed E-state index contributed by atoms with van der Waals surface area (Å²) in [4.78, 5) is 27.7. The largest absolute Gasteiger partial charge is 0.506 e. The zero-order valence-corrected chi connectivity index (χ0v) is 44.9. The zero-order valence-electron chi connectivity index (χ0n) is 43.2. The first-order valence-corrected chi connectivity index (χ1v) is 25.5. The van der Waals surface area contributed by atoms with Crippen molar-refractivity contribution in [2.75, 3.05) is 65.4 Å². The Kier molecular flexibility index (Phi) is 26.0. The van der Waals surface area contributed by atoms with E-state index in [0.717, 1.165) is 73.2 Å². The van der Waals surface area contributed by atoms with E-state index in [1.807, 2.05) is 24.3 Å². The first kappa shape index (κ1) is 60.0. The first-order valence-electron chi connectivity index (χ1n) is 25.5. The van der Waals surface area contributed by atoms with Crippen LogP contribution in [-0.4, -0.2) is 70.5 Å². The fourth-order valence-electron chi connectivity index (χ4n) is 7.86. The molecule has 0 saturated heterocycles. The van der Waals surface area contributed by atoms with E-state index < -0.39 is 5.97 Å². The molecule has 15 heteroatoms. The maximum Gasteiger partial charge on any atom is 0.335 e. The Morgan fingerprint density at radius 2 is 0.778 bits per heavy atom. The van der Waals surface area contributed by atoms with Gasteiger partial charge in [-0.3, -0.25) is 0 Å². The Labute approximate surface area is 439 Å². The topological polar surface area (TPSA) is 192 Å². The summed E-state index contributed by atoms with van der Waals surface area (Å²) in [5.74, 6) is 0.0439. The number of nitrogens with two attached hydrogens (primary N) is 2. The number of phenols is 2. The van der Waals surface area contributed by atoms with Gasteiger partial charge >= 0.3 is 5.97 Å². The van der Waals surface area contributed by atoms with Crippen LogP contribution in [0.25, 0.3) is 45.1 Å². The quantitative estimate of drug-likeness (QED) is 0.0218. The Hall–Kier alpha value is -6.31. The van der Waals surface area contributed by atoms with Crippen molar-refractivity contribution in [3.05, 3.63) is 103 Å². The number of benzene rings is 5. The van der Waals surface area contributed by atoms with E-state index in [1.54, 1.807) is 12.1 Å². The van der Waals surface area contributed by atoms with Crippen molar-refractivity contribution in [1.82, 2.24) is 9.97 Å². The number of phenolic OH excluding ortho intramolecular Hbond substituents is 2. The number of rotatable bonds is 24. The first-order chi connectivity index (χ1) is 33.9. The molecule has 0 bridgehead atoms. The Balaban J connectivity index is 0.000000375. The van der Waals surface area contributed by atoms with Crippen LogP contribution in [0.4, 0.5) is 28.4 Å². The van der Waals surface area contributed by atoms with Gasteiger partial charge in [-0.25, -0.2) is 14.8 Å². The summed E-state index contributed by atoms with van der Waals surface area (Å²) in [5, 5.41) is 26.7. The summed E-state index contributed by atoms with van der Waals surface area (Å²) < 4.78 is 12.4. The number of aromatic carboxylic acids is 1. The molecule has 0 aliphatic carbocycles. The van der Waals surface area contributed by atoms with Crippen LogP contribution < -0.4 is 26.2 Å². The van der Waals surface area contributed by atoms with Gasteiger partial charge in [-0.1, -0.05) is 80.1 Å². The number of halogens is 2. The molecular weight excluding hydrogens is 950 g/mol. The van der Waals surface area contributed by atoms with E-state index in [4.69, 9.17) is 45.6 Å². The van der Waals surface area contributed by atoms with Gasteiger partial charge in [0.2, 0.25) is 11.8 Å². The number of anilines is 5. The zero-order chi connectivity index (χ0) is 50.4. The number of carbonyl (C=O) groups is 1. The number of nitrogen functional groups attached to an aromatic ring is 2. The number of unbranched alkanes of at least 4 members (excludes halogenated alkanes) is 6. The van der Waals surface area contributed by atoms with Crippen LogP contribution in [0.2, 0.25) is 0 Å². The monoisotopic (exact) mass is 1030 g/mol. The predicted molar refractivity (Wildman–Crippen MR) is 305 cm³/mol. The summed E-state index contributed by atoms with van der Waals surface area (Å²) in [7, 11) is 0. The van der Waals surface area contributed by atoms with Gasteiger partial charge in [0.15, 0.2) is 11.2 Å². The lowest BCUT2D eigenvalue weighted by molar-refractivity contribution is 0.0697. The minimum Gasteiger partial charge on any atom is -0.506 e. The summed E-state index contributed by atoms with van der Waals surface area (Å²) in [6, 6.07) is 30.7. The number of aromatic nitrogens is 2. The van der Waals surface area contributed by atoms with E-state index in [2.05, 4.69) is 105 Å². The van der Waals surface area contributed by atoms with Crippen LogP contribution in [0.5, 0.6) is 11.5 Å². The third kappa shape index (κ3) is 17.5. The van der Waals surface area contributed by atoms with Gasteiger partial charge in [0, 0.05) is 79.6 Å². The van der Waals surface area contributed by atoms with E-state index in [1.165, 1.54) is 94.5 Å². The lowest BCUT2D eigenvalue weighted by atomic mass is 10.1. The molecule has 7 N–H and O–H groups in total. The fraction of sp³-hybridized carbons (Fsp3) is 0.421. The lowest BCUT2D eigenvalue weighted by Gasteiger charge is -2.24. The van der Waals surface area contributed by atoms with Gasteiger partial charge in [-0.2, -0.15) is 0 Å². The van der Waals surface area contributed by atoms with E-state index in [-0.39, 0.29) is 47.7 Å². The number of carboxylic acids is 1. The number of hydrogen-bond donors (Lipinski definition) is 5. The molecule has 0 saturated carbocycles. The fourth-order valence-corrected chi connectivity index (χ4v) is 7.86.